The molecule has 1 heterocycles. The van der Waals surface area contributed by atoms with E-state index < -0.39 is 47.7 Å². The van der Waals surface area contributed by atoms with E-state index in [-0.39, 0.29) is 24.2 Å². The zero-order valence-electron chi connectivity index (χ0n) is 24.6. The lowest BCUT2D eigenvalue weighted by Gasteiger charge is -2.29. The van der Waals surface area contributed by atoms with Gasteiger partial charge in [-0.3, -0.25) is 19.2 Å². The fourth-order valence-electron chi connectivity index (χ4n) is 5.57. The van der Waals surface area contributed by atoms with Crippen molar-refractivity contribution >= 4 is 23.5 Å². The van der Waals surface area contributed by atoms with Gasteiger partial charge in [0.25, 0.3) is 0 Å². The molecule has 2 fully saturated rings. The summed E-state index contributed by atoms with van der Waals surface area (Å²) in [4.78, 5) is 53.1. The number of Topliss-reactive ketones (excluding diaryl/α,β-unsaturated/α-hetero) is 1. The molecule has 1 aromatic rings. The van der Waals surface area contributed by atoms with Crippen LogP contribution in [-0.4, -0.2) is 77.3 Å². The topological polar surface area (TPSA) is 167 Å². The molecule has 11 heteroatoms. The van der Waals surface area contributed by atoms with Gasteiger partial charge in [-0.15, -0.1) is 0 Å². The van der Waals surface area contributed by atoms with Crippen LogP contribution < -0.4 is 20.7 Å². The van der Waals surface area contributed by atoms with Crippen LogP contribution in [0, 0.1) is 5.92 Å². The Hall–Kier alpha value is -3.28. The Kier molecular flexibility index (Phi) is 10.4. The highest BCUT2D eigenvalue weighted by molar-refractivity contribution is 5.98. The van der Waals surface area contributed by atoms with Crippen LogP contribution in [0.5, 0.6) is 5.75 Å². The molecular weight excluding hydrogens is 542 g/mol. The molecule has 1 saturated heterocycles. The molecule has 0 radical (unpaired) electrons. The molecule has 3 amide bonds. The number of carbonyl (C=O) groups excluding carboxylic acids is 4. The molecule has 5 N–H and O–H groups in total. The van der Waals surface area contributed by atoms with Crippen LogP contribution in [-0.2, 0) is 23.9 Å². The Morgan fingerprint density at radius 3 is 2.29 bits per heavy atom. The molecule has 0 aromatic heterocycles. The average molecular weight is 586 g/mol. The molecule has 2 aliphatic carbocycles. The van der Waals surface area contributed by atoms with Gasteiger partial charge in [-0.2, -0.15) is 0 Å². The van der Waals surface area contributed by atoms with Crippen molar-refractivity contribution < 1.29 is 38.9 Å². The highest BCUT2D eigenvalue weighted by Gasteiger charge is 2.50. The van der Waals surface area contributed by atoms with Crippen molar-refractivity contribution in [3.05, 3.63) is 41.5 Å². The zero-order chi connectivity index (χ0) is 30.4. The molecule has 3 unspecified atom stereocenters. The van der Waals surface area contributed by atoms with E-state index in [2.05, 4.69) is 22.0 Å². The molecule has 1 aromatic carbocycles. The first-order valence-electron chi connectivity index (χ1n) is 14.8. The Balaban J connectivity index is 1.50. The molecule has 1 aliphatic heterocycles. The Morgan fingerprint density at radius 1 is 1.05 bits per heavy atom. The highest BCUT2D eigenvalue weighted by atomic mass is 16.6. The van der Waals surface area contributed by atoms with Crippen LogP contribution in [0.25, 0.3) is 0 Å². The summed E-state index contributed by atoms with van der Waals surface area (Å²) in [6.45, 7) is 3.45. The number of hydrogen-bond acceptors (Lipinski definition) is 8. The highest BCUT2D eigenvalue weighted by Crippen LogP contribution is 2.32. The number of aliphatic hydroxyl groups is 2. The number of aliphatic hydroxyl groups excluding tert-OH is 2. The standard InChI is InChI=1S/C31H43N3O8/c1-18(32-29(39)21-8-12-22(35)13-9-21)28(38)34-25(26(36)20-10-14-23(41-3)15-11-20)30(40)33-24(16-19-6-4-5-7-19)27(37)31(2)17-42-31/h6,10-11,14-15,18,21-22,24-26,35-36H,4-5,7-9,12-13,16-17H2,1-3H3,(H,32,39)(H,33,40)(H,34,38)/t18?,21?,22?,24?,25-,26+,31?/m0/s1. The summed E-state index contributed by atoms with van der Waals surface area (Å²) >= 11 is 0. The van der Waals surface area contributed by atoms with Crippen LogP contribution in [0.1, 0.15) is 76.9 Å². The third-order valence-corrected chi connectivity index (χ3v) is 8.51. The minimum Gasteiger partial charge on any atom is -0.497 e. The predicted octanol–water partition coefficient (Wildman–Crippen LogP) is 1.61. The van der Waals surface area contributed by atoms with Gasteiger partial charge in [0, 0.05) is 5.92 Å². The van der Waals surface area contributed by atoms with Gasteiger partial charge < -0.3 is 35.6 Å². The number of epoxide rings is 1. The fourth-order valence-corrected chi connectivity index (χ4v) is 5.57. The van der Waals surface area contributed by atoms with Gasteiger partial charge in [-0.05, 0) is 82.9 Å². The second-order valence-electron chi connectivity index (χ2n) is 11.8. The molecule has 3 aliphatic rings. The minimum atomic E-state index is -1.46. The quantitative estimate of drug-likeness (QED) is 0.172. The molecule has 230 valence electrons. The number of ether oxygens (including phenoxy) is 2. The van der Waals surface area contributed by atoms with Gasteiger partial charge in [0.2, 0.25) is 17.7 Å². The van der Waals surface area contributed by atoms with E-state index in [1.807, 2.05) is 0 Å². The number of amides is 3. The predicted molar refractivity (Wildman–Crippen MR) is 153 cm³/mol. The molecule has 4 rings (SSSR count). The van der Waals surface area contributed by atoms with Crippen molar-refractivity contribution in [2.45, 2.75) is 101 Å². The third kappa shape index (κ3) is 7.96. The van der Waals surface area contributed by atoms with E-state index in [1.165, 1.54) is 14.0 Å². The van der Waals surface area contributed by atoms with Gasteiger partial charge in [-0.1, -0.05) is 23.8 Å². The number of ketones is 1. The van der Waals surface area contributed by atoms with Gasteiger partial charge in [0.15, 0.2) is 5.78 Å². The number of nitrogens with one attached hydrogen (secondary N) is 3. The third-order valence-electron chi connectivity index (χ3n) is 8.51. The average Bonchev–Trinajstić information content (AvgIpc) is 3.53. The van der Waals surface area contributed by atoms with Gasteiger partial charge in [0.05, 0.1) is 25.9 Å². The molecule has 1 saturated carbocycles. The maximum atomic E-state index is 13.7. The van der Waals surface area contributed by atoms with Crippen LogP contribution >= 0.6 is 0 Å². The lowest BCUT2D eigenvalue weighted by atomic mass is 9.87. The maximum absolute atomic E-state index is 13.7. The number of rotatable bonds is 13. The smallest absolute Gasteiger partial charge is 0.246 e. The van der Waals surface area contributed by atoms with E-state index in [1.54, 1.807) is 31.2 Å². The SMILES string of the molecule is COc1ccc([C@@H](O)[C@H](NC(=O)C(C)NC(=O)C2CCC(O)CC2)C(=O)NC(CC2=CCCC2)C(=O)C2(C)CO2)cc1. The van der Waals surface area contributed by atoms with Crippen molar-refractivity contribution in [2.24, 2.45) is 5.92 Å². The van der Waals surface area contributed by atoms with E-state index in [4.69, 9.17) is 9.47 Å². The van der Waals surface area contributed by atoms with Crippen molar-refractivity contribution in [3.63, 3.8) is 0 Å². The van der Waals surface area contributed by atoms with E-state index in [0.29, 0.717) is 43.4 Å². The first-order valence-corrected chi connectivity index (χ1v) is 14.8. The summed E-state index contributed by atoms with van der Waals surface area (Å²) in [5.74, 6) is -1.70. The number of methoxy groups -OCH3 is 1. The molecule has 0 bridgehead atoms. The summed E-state index contributed by atoms with van der Waals surface area (Å²) in [6.07, 6.45) is 5.36. The van der Waals surface area contributed by atoms with Crippen molar-refractivity contribution in [3.8, 4) is 5.75 Å². The number of benzene rings is 1. The van der Waals surface area contributed by atoms with Gasteiger partial charge in [-0.25, -0.2) is 0 Å². The Labute approximate surface area is 246 Å². The van der Waals surface area contributed by atoms with Gasteiger partial charge >= 0.3 is 0 Å². The van der Waals surface area contributed by atoms with Crippen LogP contribution in [0.15, 0.2) is 35.9 Å². The van der Waals surface area contributed by atoms with Crippen molar-refractivity contribution in [2.75, 3.05) is 13.7 Å². The lowest BCUT2D eigenvalue weighted by Crippen LogP contribution is -2.58. The van der Waals surface area contributed by atoms with Crippen molar-refractivity contribution in [1.29, 1.82) is 0 Å². The zero-order valence-corrected chi connectivity index (χ0v) is 24.6. The van der Waals surface area contributed by atoms with E-state index >= 15 is 0 Å². The van der Waals surface area contributed by atoms with Crippen LogP contribution in [0.2, 0.25) is 0 Å². The molecular formula is C31H43N3O8. The summed E-state index contributed by atoms with van der Waals surface area (Å²) in [7, 11) is 1.51. The summed E-state index contributed by atoms with van der Waals surface area (Å²) in [5.41, 5.74) is 0.451. The Morgan fingerprint density at radius 2 is 1.71 bits per heavy atom. The molecule has 42 heavy (non-hydrogen) atoms. The second kappa shape index (κ2) is 13.8. The second-order valence-corrected chi connectivity index (χ2v) is 11.8. The largest absolute Gasteiger partial charge is 0.497 e. The molecule has 5 atom stereocenters. The maximum Gasteiger partial charge on any atom is 0.246 e. The minimum absolute atomic E-state index is 0.258. The summed E-state index contributed by atoms with van der Waals surface area (Å²) in [5, 5.41) is 29.1. The monoisotopic (exact) mass is 585 g/mol. The van der Waals surface area contributed by atoms with Crippen molar-refractivity contribution in [1.82, 2.24) is 16.0 Å². The van der Waals surface area contributed by atoms with Crippen LogP contribution in [0.4, 0.5) is 0 Å². The number of carbonyl (C=O) groups is 4. The number of allylic oxidation sites excluding steroid dienone is 1. The normalized spacial score (nSPS) is 26.2. The van der Waals surface area contributed by atoms with Gasteiger partial charge in [0.1, 0.15) is 29.5 Å². The van der Waals surface area contributed by atoms with Crippen LogP contribution in [0.3, 0.4) is 0 Å². The summed E-state index contributed by atoms with van der Waals surface area (Å²) in [6, 6.07) is 3.08. The molecule has 0 spiro atoms. The first-order chi connectivity index (χ1) is 20.0. The lowest BCUT2D eigenvalue weighted by molar-refractivity contribution is -0.136. The summed E-state index contributed by atoms with van der Waals surface area (Å²) < 4.78 is 10.6. The first kappa shape index (κ1) is 31.7. The Bertz CT molecular complexity index is 1170. The fraction of sp³-hybridized carbons (Fsp3) is 0.613. The molecule has 11 nitrogen and oxygen atoms in total. The van der Waals surface area contributed by atoms with E-state index in [0.717, 1.165) is 24.8 Å². The van der Waals surface area contributed by atoms with E-state index in [9.17, 15) is 29.4 Å². The number of hydrogen-bond donors (Lipinski definition) is 5.